The van der Waals surface area contributed by atoms with E-state index in [1.54, 1.807) is 19.1 Å². The second kappa shape index (κ2) is 4.42. The van der Waals surface area contributed by atoms with Crippen molar-refractivity contribution in [2.24, 2.45) is 0 Å². The zero-order chi connectivity index (χ0) is 11.5. The third kappa shape index (κ3) is 3.08. The Morgan fingerprint density at radius 1 is 1.43 bits per heavy atom. The molecule has 3 nitrogen and oxygen atoms in total. The third-order valence-corrected chi connectivity index (χ3v) is 3.35. The lowest BCUT2D eigenvalue weighted by atomic mass is 10.4. The van der Waals surface area contributed by atoms with Crippen molar-refractivity contribution < 1.29 is 14.0 Å². The van der Waals surface area contributed by atoms with Crippen molar-refractivity contribution in [1.29, 1.82) is 0 Å². The molecule has 1 atom stereocenters. The Balaban J connectivity index is 2.91. The molecule has 0 saturated heterocycles. The quantitative estimate of drug-likeness (QED) is 0.799. The van der Waals surface area contributed by atoms with Gasteiger partial charge in [0.2, 0.25) is 0 Å². The highest BCUT2D eigenvalue weighted by molar-refractivity contribution is 9.10. The van der Waals surface area contributed by atoms with Crippen LogP contribution < -0.4 is 0 Å². The molecule has 1 aromatic carbocycles. The van der Waals surface area contributed by atoms with Crippen LogP contribution in [0.15, 0.2) is 33.6 Å². The predicted octanol–water partition coefficient (Wildman–Crippen LogP) is 2.56. The van der Waals surface area contributed by atoms with Crippen LogP contribution in [0.1, 0.15) is 15.2 Å². The van der Waals surface area contributed by atoms with Crippen molar-refractivity contribution in [3.05, 3.63) is 28.7 Å². The van der Waals surface area contributed by atoms with Crippen molar-refractivity contribution in [1.82, 2.24) is 0 Å². The van der Waals surface area contributed by atoms with Gasteiger partial charge in [-0.15, -0.1) is 0 Å². The van der Waals surface area contributed by atoms with Crippen LogP contribution in [0, 0.1) is 0 Å². The topological polar surface area (TPSA) is 43.4 Å². The Morgan fingerprint density at radius 2 is 2.00 bits per heavy atom. The van der Waals surface area contributed by atoms with Gasteiger partial charge in [-0.25, -0.2) is 0 Å². The van der Waals surface area contributed by atoms with E-state index in [0.717, 1.165) is 4.47 Å². The molecule has 0 spiro atoms. The Kier molecular flexibility index (Phi) is 3.20. The minimum atomic E-state index is -3.73. The molecular weight excluding hydrogens is 268 g/mol. The maximum atomic E-state index is 11.6. The third-order valence-electron chi connectivity index (χ3n) is 1.39. The van der Waals surface area contributed by atoms with E-state index in [4.69, 9.17) is 5.55 Å². The summed E-state index contributed by atoms with van der Waals surface area (Å²) in [5, 5.41) is 0. The van der Waals surface area contributed by atoms with Gasteiger partial charge in [0.1, 0.15) is 0 Å². The molecule has 14 heavy (non-hydrogen) atoms. The number of hydrogen-bond acceptors (Lipinski definition) is 3. The maximum Gasteiger partial charge on any atom is 0.297 e. The van der Waals surface area contributed by atoms with E-state index in [1.165, 1.54) is 12.1 Å². The van der Waals surface area contributed by atoms with E-state index in [0.29, 0.717) is 0 Å². The molecule has 0 N–H and O–H groups in total. The van der Waals surface area contributed by atoms with Gasteiger partial charge in [0, 0.05) is 5.84 Å². The van der Waals surface area contributed by atoms with Crippen molar-refractivity contribution in [3.63, 3.8) is 0 Å². The fourth-order valence-corrected chi connectivity index (χ4v) is 2.15. The minimum absolute atomic E-state index is 0.0875. The Morgan fingerprint density at radius 3 is 2.50 bits per heavy atom. The SMILES string of the molecule is [2H]C[C@@H](C)OS(=O)(=O)c1ccc(Br)cc1. The van der Waals surface area contributed by atoms with Crippen LogP contribution in [0.25, 0.3) is 0 Å². The summed E-state index contributed by atoms with van der Waals surface area (Å²) < 4.78 is 35.8. The first kappa shape index (κ1) is 10.1. The Labute approximate surface area is 93.7 Å². The zero-order valence-corrected chi connectivity index (χ0v) is 10.0. The van der Waals surface area contributed by atoms with E-state index in [1.807, 2.05) is 0 Å². The van der Waals surface area contributed by atoms with E-state index < -0.39 is 16.2 Å². The molecule has 0 aliphatic rings. The Bertz CT molecular complexity index is 415. The Hall–Kier alpha value is -0.390. The summed E-state index contributed by atoms with van der Waals surface area (Å²) in [6.45, 7) is 1.46. The molecule has 0 bridgehead atoms. The highest BCUT2D eigenvalue weighted by Gasteiger charge is 2.16. The second-order valence-corrected chi connectivity index (χ2v) is 5.30. The van der Waals surface area contributed by atoms with E-state index in [-0.39, 0.29) is 11.8 Å². The van der Waals surface area contributed by atoms with Crippen LogP contribution in [-0.2, 0) is 14.3 Å². The summed E-state index contributed by atoms with van der Waals surface area (Å²) in [6, 6.07) is 6.16. The molecule has 0 unspecified atom stereocenters. The van der Waals surface area contributed by atoms with E-state index in [2.05, 4.69) is 15.9 Å². The first-order valence-electron chi connectivity index (χ1n) is 4.64. The lowest BCUT2D eigenvalue weighted by Gasteiger charge is -2.07. The summed E-state index contributed by atoms with van der Waals surface area (Å²) in [4.78, 5) is 0.103. The predicted molar refractivity (Wildman–Crippen MR) is 57.5 cm³/mol. The molecule has 0 amide bonds. The van der Waals surface area contributed by atoms with Crippen molar-refractivity contribution in [3.8, 4) is 0 Å². The van der Waals surface area contributed by atoms with Gasteiger partial charge in [-0.3, -0.25) is 4.18 Å². The zero-order valence-electron chi connectivity index (χ0n) is 8.60. The van der Waals surface area contributed by atoms with E-state index >= 15 is 0 Å². The fourth-order valence-electron chi connectivity index (χ4n) is 0.873. The smallest absolute Gasteiger partial charge is 0.264 e. The average molecular weight is 280 g/mol. The summed E-state index contributed by atoms with van der Waals surface area (Å²) in [5.41, 5.74) is 0. The van der Waals surface area contributed by atoms with Gasteiger partial charge in [0.25, 0.3) is 10.1 Å². The molecule has 1 aromatic rings. The molecule has 0 aliphatic carbocycles. The van der Waals surface area contributed by atoms with Crippen LogP contribution in [0.2, 0.25) is 0 Å². The van der Waals surface area contributed by atoms with Crippen molar-refractivity contribution in [2.45, 2.75) is 24.8 Å². The van der Waals surface area contributed by atoms with Crippen LogP contribution in [0.5, 0.6) is 0 Å². The van der Waals surface area contributed by atoms with Gasteiger partial charge in [-0.1, -0.05) is 15.9 Å². The summed E-state index contributed by atoms with van der Waals surface area (Å²) in [5.74, 6) is 0. The normalized spacial score (nSPS) is 14.9. The lowest BCUT2D eigenvalue weighted by Crippen LogP contribution is -2.12. The molecule has 0 saturated carbocycles. The summed E-state index contributed by atoms with van der Waals surface area (Å²) >= 11 is 3.21. The largest absolute Gasteiger partial charge is 0.297 e. The second-order valence-electron chi connectivity index (χ2n) is 2.81. The highest BCUT2D eigenvalue weighted by atomic mass is 79.9. The maximum absolute atomic E-state index is 11.6. The molecule has 0 heterocycles. The molecule has 1 rings (SSSR count). The number of halogens is 1. The average Bonchev–Trinajstić information content (AvgIpc) is 2.17. The molecule has 0 aromatic heterocycles. The fraction of sp³-hybridized carbons (Fsp3) is 0.333. The number of hydrogen-bond donors (Lipinski definition) is 0. The number of rotatable bonds is 3. The van der Waals surface area contributed by atoms with Crippen LogP contribution >= 0.6 is 15.9 Å². The molecule has 5 heteroatoms. The molecule has 78 valence electrons. The van der Waals surface area contributed by atoms with E-state index in [9.17, 15) is 8.42 Å². The van der Waals surface area contributed by atoms with Crippen molar-refractivity contribution in [2.75, 3.05) is 0 Å². The van der Waals surface area contributed by atoms with Gasteiger partial charge < -0.3 is 0 Å². The van der Waals surface area contributed by atoms with Crippen molar-refractivity contribution >= 4 is 26.0 Å². The molecular formula is C9H11BrO3S. The van der Waals surface area contributed by atoms with Crippen LogP contribution in [0.4, 0.5) is 0 Å². The van der Waals surface area contributed by atoms with Crippen LogP contribution in [-0.4, -0.2) is 14.5 Å². The van der Waals surface area contributed by atoms with Gasteiger partial charge in [0.05, 0.1) is 11.0 Å². The first-order valence-corrected chi connectivity index (χ1v) is 6.14. The standard InChI is InChI=1S/C9H11BrO3S/c1-7(2)13-14(11,12)9-5-3-8(10)4-6-9/h3-7H,1-2H3/i1D/t7-/m0/s1. The van der Waals surface area contributed by atoms with Gasteiger partial charge >= 0.3 is 0 Å². The van der Waals surface area contributed by atoms with Gasteiger partial charge in [0.15, 0.2) is 0 Å². The number of benzene rings is 1. The van der Waals surface area contributed by atoms with Gasteiger partial charge in [-0.05, 0) is 38.1 Å². The van der Waals surface area contributed by atoms with Gasteiger partial charge in [-0.2, -0.15) is 8.42 Å². The highest BCUT2D eigenvalue weighted by Crippen LogP contribution is 2.17. The molecule has 0 radical (unpaired) electrons. The summed E-state index contributed by atoms with van der Waals surface area (Å²) in [6.07, 6.45) is -0.626. The molecule has 0 fully saturated rings. The first-order chi connectivity index (χ1) is 6.95. The lowest BCUT2D eigenvalue weighted by molar-refractivity contribution is 0.249. The summed E-state index contributed by atoms with van der Waals surface area (Å²) in [7, 11) is -3.73. The minimum Gasteiger partial charge on any atom is -0.264 e. The monoisotopic (exact) mass is 279 g/mol. The van der Waals surface area contributed by atoms with Crippen LogP contribution in [0.3, 0.4) is 0 Å². The molecule has 0 aliphatic heterocycles.